The van der Waals surface area contributed by atoms with E-state index >= 15 is 0 Å². The van der Waals surface area contributed by atoms with Crippen molar-refractivity contribution < 1.29 is 18.4 Å². The van der Waals surface area contributed by atoms with Crippen molar-refractivity contribution in [1.29, 1.82) is 0 Å². The van der Waals surface area contributed by atoms with E-state index in [1.165, 1.54) is 11.8 Å². The molecule has 0 aromatic carbocycles. The molecule has 1 fully saturated rings. The highest BCUT2D eigenvalue weighted by Gasteiger charge is 2.26. The Morgan fingerprint density at radius 2 is 2.25 bits per heavy atom. The van der Waals surface area contributed by atoms with E-state index in [2.05, 4.69) is 10.6 Å². The summed E-state index contributed by atoms with van der Waals surface area (Å²) in [5.74, 6) is -0.612. The highest BCUT2D eigenvalue weighted by Crippen LogP contribution is 2.00. The summed E-state index contributed by atoms with van der Waals surface area (Å²) in [7, 11) is 0. The van der Waals surface area contributed by atoms with E-state index in [0.717, 1.165) is 0 Å². The smallest absolute Gasteiger partial charge is 0.255 e. The zero-order chi connectivity index (χ0) is 12.1. The van der Waals surface area contributed by atoms with Gasteiger partial charge in [0.05, 0.1) is 6.54 Å². The van der Waals surface area contributed by atoms with E-state index in [0.29, 0.717) is 13.1 Å². The molecule has 1 heterocycles. The van der Waals surface area contributed by atoms with Gasteiger partial charge in [-0.05, 0) is 0 Å². The van der Waals surface area contributed by atoms with Gasteiger partial charge in [0, 0.05) is 26.6 Å². The first-order valence-electron chi connectivity index (χ1n) is 5.05. The van der Waals surface area contributed by atoms with Crippen LogP contribution in [0.5, 0.6) is 0 Å². The first-order chi connectivity index (χ1) is 7.50. The second-order valence-electron chi connectivity index (χ2n) is 3.61. The molecule has 16 heavy (non-hydrogen) atoms. The molecule has 7 heteroatoms. The Kier molecular flexibility index (Phi) is 4.60. The molecular formula is C9H15F2N3O2. The molecule has 0 unspecified atom stereocenters. The lowest BCUT2D eigenvalue weighted by Gasteiger charge is -2.32. The van der Waals surface area contributed by atoms with Gasteiger partial charge in [-0.3, -0.25) is 9.59 Å². The van der Waals surface area contributed by atoms with Crippen LogP contribution in [0, 0.1) is 0 Å². The zero-order valence-electron chi connectivity index (χ0n) is 9.00. The summed E-state index contributed by atoms with van der Waals surface area (Å²) in [5.41, 5.74) is 0. The maximum absolute atomic E-state index is 11.9. The van der Waals surface area contributed by atoms with Crippen LogP contribution in [0.1, 0.15) is 6.92 Å². The SMILES string of the molecule is CC(=O)N1CCN[C@H](C(=O)NCC(F)F)C1. The van der Waals surface area contributed by atoms with E-state index in [1.54, 1.807) is 0 Å². The largest absolute Gasteiger partial charge is 0.349 e. The van der Waals surface area contributed by atoms with Crippen molar-refractivity contribution in [2.24, 2.45) is 0 Å². The quantitative estimate of drug-likeness (QED) is 0.672. The predicted molar refractivity (Wildman–Crippen MR) is 53.1 cm³/mol. The van der Waals surface area contributed by atoms with Crippen LogP contribution >= 0.6 is 0 Å². The number of hydrogen-bond acceptors (Lipinski definition) is 3. The number of halogens is 2. The molecular weight excluding hydrogens is 220 g/mol. The van der Waals surface area contributed by atoms with Gasteiger partial charge in [0.25, 0.3) is 6.43 Å². The molecule has 2 amide bonds. The summed E-state index contributed by atoms with van der Waals surface area (Å²) >= 11 is 0. The molecule has 1 aliphatic rings. The third-order valence-corrected chi connectivity index (χ3v) is 2.37. The molecule has 1 saturated heterocycles. The molecule has 0 spiro atoms. The molecule has 5 nitrogen and oxygen atoms in total. The first kappa shape index (κ1) is 12.8. The van der Waals surface area contributed by atoms with E-state index in [4.69, 9.17) is 0 Å². The van der Waals surface area contributed by atoms with Crippen LogP contribution in [0.25, 0.3) is 0 Å². The lowest BCUT2D eigenvalue weighted by atomic mass is 10.2. The fourth-order valence-corrected chi connectivity index (χ4v) is 1.51. The number of piperazine rings is 1. The fraction of sp³-hybridized carbons (Fsp3) is 0.778. The van der Waals surface area contributed by atoms with Crippen LogP contribution in [-0.4, -0.2) is 55.4 Å². The van der Waals surface area contributed by atoms with Gasteiger partial charge in [-0.25, -0.2) is 8.78 Å². The third kappa shape index (κ3) is 3.73. The summed E-state index contributed by atoms with van der Waals surface area (Å²) in [5, 5.41) is 5.00. The van der Waals surface area contributed by atoms with E-state index in [1.807, 2.05) is 0 Å². The minimum atomic E-state index is -2.56. The van der Waals surface area contributed by atoms with Crippen molar-refractivity contribution in [3.63, 3.8) is 0 Å². The van der Waals surface area contributed by atoms with E-state index < -0.39 is 24.9 Å². The van der Waals surface area contributed by atoms with E-state index in [9.17, 15) is 18.4 Å². The van der Waals surface area contributed by atoms with Gasteiger partial charge in [0.15, 0.2) is 0 Å². The maximum Gasteiger partial charge on any atom is 0.255 e. The standard InChI is InChI=1S/C9H15F2N3O2/c1-6(15)14-3-2-12-7(5-14)9(16)13-4-8(10)11/h7-8,12H,2-5H2,1H3,(H,13,16)/t7-/m0/s1. The Labute approximate surface area is 92.2 Å². The number of carbonyl (C=O) groups excluding carboxylic acids is 2. The molecule has 1 atom stereocenters. The lowest BCUT2D eigenvalue weighted by molar-refractivity contribution is -0.132. The Morgan fingerprint density at radius 1 is 1.56 bits per heavy atom. The summed E-state index contributed by atoms with van der Waals surface area (Å²) in [6.45, 7) is 2.02. The third-order valence-electron chi connectivity index (χ3n) is 2.37. The van der Waals surface area contributed by atoms with Crippen molar-refractivity contribution >= 4 is 11.8 Å². The van der Waals surface area contributed by atoms with Crippen LogP contribution in [-0.2, 0) is 9.59 Å². The molecule has 1 rings (SSSR count). The second kappa shape index (κ2) is 5.74. The van der Waals surface area contributed by atoms with Crippen molar-refractivity contribution in [2.75, 3.05) is 26.2 Å². The summed E-state index contributed by atoms with van der Waals surface area (Å²) in [6.07, 6.45) is -2.56. The summed E-state index contributed by atoms with van der Waals surface area (Å²) < 4.78 is 23.7. The summed E-state index contributed by atoms with van der Waals surface area (Å²) in [4.78, 5) is 24.0. The Bertz CT molecular complexity index is 273. The van der Waals surface area contributed by atoms with Crippen LogP contribution in [0.2, 0.25) is 0 Å². The Hall–Kier alpha value is -1.24. The molecule has 92 valence electrons. The predicted octanol–water partition coefficient (Wildman–Crippen LogP) is -0.812. The van der Waals surface area contributed by atoms with Gasteiger partial charge in [0.1, 0.15) is 6.04 Å². The van der Waals surface area contributed by atoms with Gasteiger partial charge in [-0.1, -0.05) is 0 Å². The van der Waals surface area contributed by atoms with Gasteiger partial charge in [0.2, 0.25) is 11.8 Å². The lowest BCUT2D eigenvalue weighted by Crippen LogP contribution is -2.58. The number of alkyl halides is 2. The molecule has 0 bridgehead atoms. The highest BCUT2D eigenvalue weighted by atomic mass is 19.3. The van der Waals surface area contributed by atoms with Gasteiger partial charge >= 0.3 is 0 Å². The number of hydrogen-bond donors (Lipinski definition) is 2. The van der Waals surface area contributed by atoms with Gasteiger partial charge in [-0.15, -0.1) is 0 Å². The van der Waals surface area contributed by atoms with Crippen molar-refractivity contribution in [2.45, 2.75) is 19.4 Å². The van der Waals surface area contributed by atoms with Gasteiger partial charge in [-0.2, -0.15) is 0 Å². The number of nitrogens with zero attached hydrogens (tertiary/aromatic N) is 1. The average molecular weight is 235 g/mol. The van der Waals surface area contributed by atoms with Gasteiger partial charge < -0.3 is 15.5 Å². The van der Waals surface area contributed by atoms with Crippen LogP contribution in [0.3, 0.4) is 0 Å². The topological polar surface area (TPSA) is 61.4 Å². The van der Waals surface area contributed by atoms with Crippen molar-refractivity contribution in [3.05, 3.63) is 0 Å². The zero-order valence-corrected chi connectivity index (χ0v) is 9.00. The van der Waals surface area contributed by atoms with Crippen molar-refractivity contribution in [3.8, 4) is 0 Å². The highest BCUT2D eigenvalue weighted by molar-refractivity contribution is 5.83. The van der Waals surface area contributed by atoms with E-state index in [-0.39, 0.29) is 12.5 Å². The average Bonchev–Trinajstić information content (AvgIpc) is 2.26. The second-order valence-corrected chi connectivity index (χ2v) is 3.61. The first-order valence-corrected chi connectivity index (χ1v) is 5.05. The number of rotatable bonds is 3. The van der Waals surface area contributed by atoms with Crippen molar-refractivity contribution in [1.82, 2.24) is 15.5 Å². The fourth-order valence-electron chi connectivity index (χ4n) is 1.51. The number of nitrogens with one attached hydrogen (secondary N) is 2. The molecule has 0 saturated carbocycles. The molecule has 0 aromatic rings. The van der Waals surface area contributed by atoms with Crippen LogP contribution < -0.4 is 10.6 Å². The molecule has 0 radical (unpaired) electrons. The number of amides is 2. The number of carbonyl (C=O) groups is 2. The monoisotopic (exact) mass is 235 g/mol. The Balaban J connectivity index is 2.41. The van der Waals surface area contributed by atoms with Crippen LogP contribution in [0.4, 0.5) is 8.78 Å². The molecule has 2 N–H and O–H groups in total. The Morgan fingerprint density at radius 3 is 2.81 bits per heavy atom. The minimum absolute atomic E-state index is 0.117. The maximum atomic E-state index is 11.9. The van der Waals surface area contributed by atoms with Crippen LogP contribution in [0.15, 0.2) is 0 Å². The summed E-state index contributed by atoms with van der Waals surface area (Å²) in [6, 6.07) is -0.601. The molecule has 0 aromatic heterocycles. The molecule has 0 aliphatic carbocycles. The normalized spacial score (nSPS) is 21.0. The minimum Gasteiger partial charge on any atom is -0.349 e. The molecule has 1 aliphatic heterocycles.